The summed E-state index contributed by atoms with van der Waals surface area (Å²) in [4.78, 5) is 35.3. The molecule has 5 nitrogen and oxygen atoms in total. The van der Waals surface area contributed by atoms with E-state index in [0.717, 1.165) is 25.7 Å². The number of amides is 4. The van der Waals surface area contributed by atoms with Gasteiger partial charge in [0, 0.05) is 6.04 Å². The number of nitrogens with zero attached hydrogens (tertiary/aromatic N) is 1. The summed E-state index contributed by atoms with van der Waals surface area (Å²) in [5.41, 5.74) is 0. The summed E-state index contributed by atoms with van der Waals surface area (Å²) in [5, 5.41) is 2.17. The van der Waals surface area contributed by atoms with E-state index in [2.05, 4.69) is 12.2 Å². The van der Waals surface area contributed by atoms with Crippen LogP contribution in [-0.4, -0.2) is 28.8 Å². The van der Waals surface area contributed by atoms with E-state index in [4.69, 9.17) is 0 Å². The van der Waals surface area contributed by atoms with Gasteiger partial charge in [-0.15, -0.1) is 0 Å². The van der Waals surface area contributed by atoms with Gasteiger partial charge in [0.25, 0.3) is 0 Å². The lowest BCUT2D eigenvalue weighted by atomic mass is 10.1. The molecule has 1 heterocycles. The van der Waals surface area contributed by atoms with Crippen molar-refractivity contribution in [3.05, 3.63) is 0 Å². The van der Waals surface area contributed by atoms with Gasteiger partial charge in [0.15, 0.2) is 0 Å². The SMILES string of the molecule is CCCCCCC(C)N1C(=O)CC(=O)NC1=O. The molecule has 5 heteroatoms. The lowest BCUT2D eigenvalue weighted by Gasteiger charge is -2.30. The topological polar surface area (TPSA) is 66.5 Å². The molecule has 1 saturated heterocycles. The fourth-order valence-electron chi connectivity index (χ4n) is 2.00. The van der Waals surface area contributed by atoms with Crippen LogP contribution in [0.1, 0.15) is 52.4 Å². The lowest BCUT2D eigenvalue weighted by molar-refractivity contribution is -0.137. The van der Waals surface area contributed by atoms with Gasteiger partial charge in [-0.2, -0.15) is 0 Å². The zero-order valence-electron chi connectivity index (χ0n) is 10.5. The van der Waals surface area contributed by atoms with Crippen LogP contribution in [0, 0.1) is 0 Å². The Bertz CT molecular complexity index is 295. The van der Waals surface area contributed by atoms with Gasteiger partial charge in [0.2, 0.25) is 11.8 Å². The Hall–Kier alpha value is -1.39. The van der Waals surface area contributed by atoms with Crippen LogP contribution in [0.15, 0.2) is 0 Å². The number of carbonyl (C=O) groups is 3. The van der Waals surface area contributed by atoms with Crippen LogP contribution in [0.3, 0.4) is 0 Å². The molecule has 1 aliphatic heterocycles. The van der Waals surface area contributed by atoms with Gasteiger partial charge in [-0.25, -0.2) is 4.79 Å². The summed E-state index contributed by atoms with van der Waals surface area (Å²) in [6.45, 7) is 3.98. The van der Waals surface area contributed by atoms with Crippen LogP contribution in [0.4, 0.5) is 4.79 Å². The summed E-state index contributed by atoms with van der Waals surface area (Å²) in [6.07, 6.45) is 5.03. The Morgan fingerprint density at radius 1 is 1.24 bits per heavy atom. The van der Waals surface area contributed by atoms with E-state index in [0.29, 0.717) is 0 Å². The van der Waals surface area contributed by atoms with Gasteiger partial charge < -0.3 is 0 Å². The fourth-order valence-corrected chi connectivity index (χ4v) is 2.00. The summed E-state index contributed by atoms with van der Waals surface area (Å²) in [7, 11) is 0. The van der Waals surface area contributed by atoms with E-state index >= 15 is 0 Å². The van der Waals surface area contributed by atoms with Crippen molar-refractivity contribution in [3.63, 3.8) is 0 Å². The molecular formula is C12H20N2O3. The average Bonchev–Trinajstić information content (AvgIpc) is 2.23. The Kier molecular flexibility index (Phi) is 5.12. The minimum Gasteiger partial charge on any atom is -0.277 e. The van der Waals surface area contributed by atoms with Crippen molar-refractivity contribution in [3.8, 4) is 0 Å². The number of urea groups is 1. The molecule has 0 aromatic heterocycles. The maximum absolute atomic E-state index is 11.6. The van der Waals surface area contributed by atoms with Crippen molar-refractivity contribution in [2.24, 2.45) is 0 Å². The van der Waals surface area contributed by atoms with Crippen LogP contribution >= 0.6 is 0 Å². The van der Waals surface area contributed by atoms with Crippen LogP contribution in [-0.2, 0) is 9.59 Å². The Morgan fingerprint density at radius 2 is 1.94 bits per heavy atom. The van der Waals surface area contributed by atoms with Crippen LogP contribution in [0.5, 0.6) is 0 Å². The summed E-state index contributed by atoms with van der Waals surface area (Å²) in [5.74, 6) is -0.892. The molecule has 0 aliphatic carbocycles. The molecule has 1 unspecified atom stereocenters. The Morgan fingerprint density at radius 3 is 2.53 bits per heavy atom. The lowest BCUT2D eigenvalue weighted by Crippen LogP contribution is -2.55. The second-order valence-corrected chi connectivity index (χ2v) is 4.49. The first-order valence-electron chi connectivity index (χ1n) is 6.22. The second kappa shape index (κ2) is 6.37. The number of hydrogen-bond donors (Lipinski definition) is 1. The average molecular weight is 240 g/mol. The summed E-state index contributed by atoms with van der Waals surface area (Å²) < 4.78 is 0. The Balaban J connectivity index is 2.44. The zero-order chi connectivity index (χ0) is 12.8. The van der Waals surface area contributed by atoms with Crippen molar-refractivity contribution in [2.45, 2.75) is 58.4 Å². The van der Waals surface area contributed by atoms with Crippen molar-refractivity contribution < 1.29 is 14.4 Å². The molecule has 0 aromatic rings. The smallest absolute Gasteiger partial charge is 0.277 e. The first-order chi connectivity index (χ1) is 8.06. The Labute approximate surface area is 102 Å². The minimum absolute atomic E-state index is 0.132. The molecule has 0 spiro atoms. The number of rotatable bonds is 6. The highest BCUT2D eigenvalue weighted by atomic mass is 16.2. The molecular weight excluding hydrogens is 220 g/mol. The number of imide groups is 2. The zero-order valence-corrected chi connectivity index (χ0v) is 10.5. The monoisotopic (exact) mass is 240 g/mol. The minimum atomic E-state index is -0.575. The molecule has 96 valence electrons. The molecule has 1 aliphatic rings. The predicted octanol–water partition coefficient (Wildman–Crippen LogP) is 1.81. The van der Waals surface area contributed by atoms with Gasteiger partial charge in [0.1, 0.15) is 6.42 Å². The standard InChI is InChI=1S/C12H20N2O3/c1-3-4-5-6-7-9(2)14-11(16)8-10(15)13-12(14)17/h9H,3-8H2,1-2H3,(H,13,15,17). The number of carbonyl (C=O) groups excluding carboxylic acids is 3. The molecule has 1 fully saturated rings. The van der Waals surface area contributed by atoms with Gasteiger partial charge in [-0.05, 0) is 13.3 Å². The molecule has 1 atom stereocenters. The molecule has 0 saturated carbocycles. The fraction of sp³-hybridized carbons (Fsp3) is 0.750. The van der Waals surface area contributed by atoms with E-state index in [9.17, 15) is 14.4 Å². The first kappa shape index (κ1) is 13.7. The maximum atomic E-state index is 11.6. The molecule has 0 radical (unpaired) electrons. The van der Waals surface area contributed by atoms with Crippen molar-refractivity contribution in [1.82, 2.24) is 10.2 Å². The third-order valence-corrected chi connectivity index (χ3v) is 2.96. The second-order valence-electron chi connectivity index (χ2n) is 4.49. The molecule has 17 heavy (non-hydrogen) atoms. The normalized spacial score (nSPS) is 18.2. The number of barbiturate groups is 1. The van der Waals surface area contributed by atoms with Crippen molar-refractivity contribution in [1.29, 1.82) is 0 Å². The molecule has 4 amide bonds. The molecule has 0 bridgehead atoms. The molecule has 1 rings (SSSR count). The number of unbranched alkanes of at least 4 members (excludes halogenated alkanes) is 3. The van der Waals surface area contributed by atoms with Gasteiger partial charge in [0.05, 0.1) is 0 Å². The highest BCUT2D eigenvalue weighted by molar-refractivity contribution is 6.14. The van der Waals surface area contributed by atoms with Crippen LogP contribution < -0.4 is 5.32 Å². The summed E-state index contributed by atoms with van der Waals surface area (Å²) in [6, 6.07) is -0.707. The van der Waals surface area contributed by atoms with Crippen molar-refractivity contribution in [2.75, 3.05) is 0 Å². The largest absolute Gasteiger partial charge is 0.331 e. The molecule has 1 N–H and O–H groups in total. The maximum Gasteiger partial charge on any atom is 0.331 e. The van der Waals surface area contributed by atoms with Crippen LogP contribution in [0.25, 0.3) is 0 Å². The van der Waals surface area contributed by atoms with Gasteiger partial charge in [-0.3, -0.25) is 19.8 Å². The van der Waals surface area contributed by atoms with E-state index < -0.39 is 11.9 Å². The van der Waals surface area contributed by atoms with E-state index in [1.165, 1.54) is 11.3 Å². The van der Waals surface area contributed by atoms with E-state index in [1.54, 1.807) is 0 Å². The van der Waals surface area contributed by atoms with E-state index in [1.807, 2.05) is 6.92 Å². The predicted molar refractivity (Wildman–Crippen MR) is 63.2 cm³/mol. The third-order valence-electron chi connectivity index (χ3n) is 2.96. The number of nitrogens with one attached hydrogen (secondary N) is 1. The molecule has 0 aromatic carbocycles. The van der Waals surface area contributed by atoms with E-state index in [-0.39, 0.29) is 18.4 Å². The number of hydrogen-bond acceptors (Lipinski definition) is 3. The highest BCUT2D eigenvalue weighted by Gasteiger charge is 2.33. The van der Waals surface area contributed by atoms with Crippen molar-refractivity contribution >= 4 is 17.8 Å². The van der Waals surface area contributed by atoms with Crippen LogP contribution in [0.2, 0.25) is 0 Å². The third kappa shape index (κ3) is 3.84. The summed E-state index contributed by atoms with van der Waals surface area (Å²) >= 11 is 0. The first-order valence-corrected chi connectivity index (χ1v) is 6.22. The highest BCUT2D eigenvalue weighted by Crippen LogP contribution is 2.14. The quantitative estimate of drug-likeness (QED) is 0.568. The van der Waals surface area contributed by atoms with Gasteiger partial charge >= 0.3 is 6.03 Å². The van der Waals surface area contributed by atoms with Gasteiger partial charge in [-0.1, -0.05) is 32.6 Å².